The Morgan fingerprint density at radius 3 is 2.59 bits per heavy atom. The topological polar surface area (TPSA) is 40.5 Å². The lowest BCUT2D eigenvalue weighted by atomic mass is 10.0. The van der Waals surface area contributed by atoms with Crippen LogP contribution in [0.25, 0.3) is 0 Å². The van der Waals surface area contributed by atoms with Gasteiger partial charge in [0.15, 0.2) is 0 Å². The molecule has 2 aromatic carbocycles. The Kier molecular flexibility index (Phi) is 4.25. The van der Waals surface area contributed by atoms with Crippen LogP contribution >= 0.6 is 0 Å². The van der Waals surface area contributed by atoms with E-state index in [0.717, 1.165) is 29.5 Å². The number of hydrogen-bond acceptors (Lipinski definition) is 2. The fourth-order valence-corrected chi connectivity index (χ4v) is 2.97. The highest BCUT2D eigenvalue weighted by atomic mass is 16.3. The van der Waals surface area contributed by atoms with Crippen molar-refractivity contribution in [3.8, 4) is 0 Å². The van der Waals surface area contributed by atoms with E-state index in [1.54, 1.807) is 0 Å². The van der Waals surface area contributed by atoms with E-state index < -0.39 is 6.10 Å². The summed E-state index contributed by atoms with van der Waals surface area (Å²) in [7, 11) is 0. The summed E-state index contributed by atoms with van der Waals surface area (Å²) in [6, 6.07) is 15.5. The molecule has 0 aromatic heterocycles. The van der Waals surface area contributed by atoms with Gasteiger partial charge in [-0.1, -0.05) is 49.7 Å². The predicted octanol–water partition coefficient (Wildman–Crippen LogP) is 3.68. The minimum Gasteiger partial charge on any atom is -0.388 e. The molecule has 1 N–H and O–H groups in total. The molecule has 0 spiro atoms. The van der Waals surface area contributed by atoms with E-state index >= 15 is 0 Å². The summed E-state index contributed by atoms with van der Waals surface area (Å²) < 4.78 is 0. The van der Waals surface area contributed by atoms with Crippen LogP contribution in [0.4, 0.5) is 0 Å². The highest BCUT2D eigenvalue weighted by Gasteiger charge is 2.24. The second-order valence-corrected chi connectivity index (χ2v) is 5.86. The number of nitrogens with zero attached hydrogens (tertiary/aromatic N) is 1. The van der Waals surface area contributed by atoms with Gasteiger partial charge < -0.3 is 10.0 Å². The molecular weight excluding hydrogens is 274 g/mol. The lowest BCUT2D eigenvalue weighted by Gasteiger charge is -2.15. The molecule has 1 unspecified atom stereocenters. The highest BCUT2D eigenvalue weighted by Crippen LogP contribution is 2.28. The van der Waals surface area contributed by atoms with Crippen molar-refractivity contribution in [2.24, 2.45) is 0 Å². The first-order valence-corrected chi connectivity index (χ1v) is 7.83. The van der Waals surface area contributed by atoms with Gasteiger partial charge >= 0.3 is 0 Å². The summed E-state index contributed by atoms with van der Waals surface area (Å²) in [4.78, 5) is 14.4. The Balaban J connectivity index is 1.77. The van der Waals surface area contributed by atoms with E-state index in [-0.39, 0.29) is 5.91 Å². The number of carbonyl (C=O) groups is 1. The molecule has 22 heavy (non-hydrogen) atoms. The highest BCUT2D eigenvalue weighted by molar-refractivity contribution is 5.94. The maximum absolute atomic E-state index is 12.5. The molecular formula is C19H21NO2. The second-order valence-electron chi connectivity index (χ2n) is 5.86. The first kappa shape index (κ1) is 14.8. The van der Waals surface area contributed by atoms with E-state index in [1.807, 2.05) is 53.4 Å². The first-order valence-electron chi connectivity index (χ1n) is 7.83. The van der Waals surface area contributed by atoms with Gasteiger partial charge in [-0.3, -0.25) is 4.79 Å². The molecule has 1 amide bonds. The van der Waals surface area contributed by atoms with E-state index in [4.69, 9.17) is 0 Å². The molecule has 114 valence electrons. The molecule has 1 heterocycles. The van der Waals surface area contributed by atoms with Crippen LogP contribution in [-0.4, -0.2) is 15.9 Å². The van der Waals surface area contributed by atoms with Gasteiger partial charge in [0.1, 0.15) is 0 Å². The third-order valence-corrected chi connectivity index (χ3v) is 4.21. The molecule has 1 atom stereocenters. The van der Waals surface area contributed by atoms with Crippen LogP contribution in [-0.2, 0) is 13.1 Å². The predicted molar refractivity (Wildman–Crippen MR) is 86.3 cm³/mol. The molecule has 3 rings (SSSR count). The lowest BCUT2D eigenvalue weighted by Crippen LogP contribution is -2.25. The van der Waals surface area contributed by atoms with E-state index in [9.17, 15) is 9.90 Å². The van der Waals surface area contributed by atoms with Gasteiger partial charge in [0.2, 0.25) is 0 Å². The average molecular weight is 295 g/mol. The summed E-state index contributed by atoms with van der Waals surface area (Å²) >= 11 is 0. The zero-order chi connectivity index (χ0) is 15.5. The van der Waals surface area contributed by atoms with Gasteiger partial charge in [0, 0.05) is 18.7 Å². The summed E-state index contributed by atoms with van der Waals surface area (Å²) in [5.41, 5.74) is 4.00. The summed E-state index contributed by atoms with van der Waals surface area (Å²) in [5, 5.41) is 10.1. The van der Waals surface area contributed by atoms with Gasteiger partial charge in [-0.2, -0.15) is 0 Å². The molecule has 3 heteroatoms. The van der Waals surface area contributed by atoms with E-state index in [2.05, 4.69) is 6.92 Å². The minimum atomic E-state index is -0.408. The fourth-order valence-electron chi connectivity index (χ4n) is 2.97. The van der Waals surface area contributed by atoms with Gasteiger partial charge in [0.05, 0.1) is 6.10 Å². The Hall–Kier alpha value is -2.13. The molecule has 0 radical (unpaired) electrons. The van der Waals surface area contributed by atoms with Crippen molar-refractivity contribution in [2.45, 2.75) is 39.0 Å². The number of carbonyl (C=O) groups excluding carboxylic acids is 1. The Morgan fingerprint density at radius 2 is 1.86 bits per heavy atom. The van der Waals surface area contributed by atoms with Crippen molar-refractivity contribution < 1.29 is 9.90 Å². The maximum atomic E-state index is 12.5. The van der Waals surface area contributed by atoms with Crippen molar-refractivity contribution in [3.05, 3.63) is 70.8 Å². The van der Waals surface area contributed by atoms with Gasteiger partial charge in [0.25, 0.3) is 5.91 Å². The minimum absolute atomic E-state index is 0.0625. The summed E-state index contributed by atoms with van der Waals surface area (Å²) in [6.07, 6.45) is 1.32. The number of benzene rings is 2. The SMILES string of the molecule is CCCC(O)c1ccc2c(c1)CN(C(=O)c1ccccc1)C2. The lowest BCUT2D eigenvalue weighted by molar-refractivity contribution is 0.0751. The van der Waals surface area contributed by atoms with Gasteiger partial charge in [-0.05, 0) is 35.2 Å². The quantitative estimate of drug-likeness (QED) is 0.935. The smallest absolute Gasteiger partial charge is 0.254 e. The normalized spacial score (nSPS) is 14.7. The summed E-state index contributed by atoms with van der Waals surface area (Å²) in [5.74, 6) is 0.0625. The maximum Gasteiger partial charge on any atom is 0.254 e. The molecule has 1 aliphatic rings. The van der Waals surface area contributed by atoms with Crippen LogP contribution in [0.1, 0.15) is 52.9 Å². The Bertz CT molecular complexity index is 666. The molecule has 0 aliphatic carbocycles. The van der Waals surface area contributed by atoms with Crippen molar-refractivity contribution in [2.75, 3.05) is 0 Å². The van der Waals surface area contributed by atoms with Crippen LogP contribution in [0.2, 0.25) is 0 Å². The monoisotopic (exact) mass is 295 g/mol. The molecule has 1 aliphatic heterocycles. The van der Waals surface area contributed by atoms with Gasteiger partial charge in [-0.15, -0.1) is 0 Å². The molecule has 2 aromatic rings. The van der Waals surface area contributed by atoms with Crippen LogP contribution in [0.3, 0.4) is 0 Å². The number of fused-ring (bicyclic) bond motifs is 1. The largest absolute Gasteiger partial charge is 0.388 e. The Morgan fingerprint density at radius 1 is 1.14 bits per heavy atom. The zero-order valence-corrected chi connectivity index (χ0v) is 12.8. The van der Waals surface area contributed by atoms with Crippen molar-refractivity contribution in [3.63, 3.8) is 0 Å². The third-order valence-electron chi connectivity index (χ3n) is 4.21. The van der Waals surface area contributed by atoms with E-state index in [1.165, 1.54) is 5.56 Å². The van der Waals surface area contributed by atoms with Crippen molar-refractivity contribution >= 4 is 5.91 Å². The van der Waals surface area contributed by atoms with Crippen molar-refractivity contribution in [1.29, 1.82) is 0 Å². The molecule has 0 saturated heterocycles. The summed E-state index contributed by atoms with van der Waals surface area (Å²) in [6.45, 7) is 3.33. The van der Waals surface area contributed by atoms with Crippen LogP contribution < -0.4 is 0 Å². The van der Waals surface area contributed by atoms with Crippen LogP contribution in [0.15, 0.2) is 48.5 Å². The Labute approximate surface area is 131 Å². The number of amides is 1. The standard InChI is InChI=1S/C19H21NO2/c1-2-6-18(21)15-9-10-16-12-20(13-17(16)11-15)19(22)14-7-4-3-5-8-14/h3-5,7-11,18,21H,2,6,12-13H2,1H3. The van der Waals surface area contributed by atoms with Crippen molar-refractivity contribution in [1.82, 2.24) is 4.90 Å². The molecule has 3 nitrogen and oxygen atoms in total. The number of aliphatic hydroxyl groups excluding tert-OH is 1. The number of hydrogen-bond donors (Lipinski definition) is 1. The molecule has 0 bridgehead atoms. The van der Waals surface area contributed by atoms with Gasteiger partial charge in [-0.25, -0.2) is 0 Å². The average Bonchev–Trinajstić information content (AvgIpc) is 2.98. The molecule has 0 fully saturated rings. The zero-order valence-electron chi connectivity index (χ0n) is 12.8. The fraction of sp³-hybridized carbons (Fsp3) is 0.316. The van der Waals surface area contributed by atoms with Crippen LogP contribution in [0, 0.1) is 0 Å². The van der Waals surface area contributed by atoms with Crippen LogP contribution in [0.5, 0.6) is 0 Å². The number of aliphatic hydroxyl groups is 1. The third kappa shape index (κ3) is 2.90. The van der Waals surface area contributed by atoms with E-state index in [0.29, 0.717) is 13.1 Å². The number of rotatable bonds is 4. The molecule has 0 saturated carbocycles. The first-order chi connectivity index (χ1) is 10.7. The second kappa shape index (κ2) is 6.32.